The van der Waals surface area contributed by atoms with E-state index in [1.54, 1.807) is 6.07 Å². The highest BCUT2D eigenvalue weighted by Crippen LogP contribution is 2.29. The molecule has 0 heterocycles. The third kappa shape index (κ3) is 1.48. The van der Waals surface area contributed by atoms with Crippen molar-refractivity contribution in [1.29, 1.82) is 0 Å². The molecule has 14 heavy (non-hydrogen) atoms. The molecule has 0 saturated heterocycles. The number of ether oxygens (including phenoxy) is 1. The Bertz CT molecular complexity index is 422. The number of carbonyl (C=O) groups excluding carboxylic acids is 1. The molecule has 3 heteroatoms. The van der Waals surface area contributed by atoms with E-state index >= 15 is 0 Å². The van der Waals surface area contributed by atoms with Crippen LogP contribution < -0.4 is 0 Å². The van der Waals surface area contributed by atoms with E-state index in [9.17, 15) is 4.79 Å². The van der Waals surface area contributed by atoms with Gasteiger partial charge in [-0.15, -0.1) is 0 Å². The third-order valence-electron chi connectivity index (χ3n) is 2.26. The first-order valence-corrected chi connectivity index (χ1v) is 5.09. The molecule has 0 fully saturated rings. The standard InChI is InChI=1S/C11H9BrO2/c1-14-11(13)8-5-7-3-2-4-9(7)10(12)6-8/h2,4-6H,3H2,1H3. The van der Waals surface area contributed by atoms with Gasteiger partial charge in [0.15, 0.2) is 0 Å². The van der Waals surface area contributed by atoms with Crippen LogP contribution >= 0.6 is 15.9 Å². The molecule has 0 spiro atoms. The summed E-state index contributed by atoms with van der Waals surface area (Å²) in [4.78, 5) is 11.3. The monoisotopic (exact) mass is 252 g/mol. The minimum atomic E-state index is -0.291. The fourth-order valence-electron chi connectivity index (χ4n) is 1.57. The van der Waals surface area contributed by atoms with Crippen LogP contribution in [0.25, 0.3) is 6.08 Å². The van der Waals surface area contributed by atoms with E-state index in [0.717, 1.165) is 16.5 Å². The minimum Gasteiger partial charge on any atom is -0.465 e. The highest BCUT2D eigenvalue weighted by Gasteiger charge is 2.14. The lowest BCUT2D eigenvalue weighted by molar-refractivity contribution is 0.0600. The molecule has 2 nitrogen and oxygen atoms in total. The number of halogens is 1. The van der Waals surface area contributed by atoms with Gasteiger partial charge in [-0.3, -0.25) is 0 Å². The average Bonchev–Trinajstić information content (AvgIpc) is 2.64. The molecule has 2 rings (SSSR count). The van der Waals surface area contributed by atoms with Crippen molar-refractivity contribution in [1.82, 2.24) is 0 Å². The molecule has 0 saturated carbocycles. The van der Waals surface area contributed by atoms with Crippen LogP contribution in [-0.2, 0) is 11.2 Å². The summed E-state index contributed by atoms with van der Waals surface area (Å²) in [7, 11) is 1.39. The number of carbonyl (C=O) groups is 1. The summed E-state index contributed by atoms with van der Waals surface area (Å²) in [6.07, 6.45) is 5.02. The molecule has 1 aliphatic carbocycles. The summed E-state index contributed by atoms with van der Waals surface area (Å²) in [5.74, 6) is -0.291. The van der Waals surface area contributed by atoms with E-state index in [4.69, 9.17) is 0 Å². The number of rotatable bonds is 1. The second-order valence-electron chi connectivity index (χ2n) is 3.13. The number of esters is 1. The molecule has 0 atom stereocenters. The lowest BCUT2D eigenvalue weighted by atomic mass is 10.1. The predicted molar refractivity (Wildman–Crippen MR) is 58.2 cm³/mol. The molecule has 1 aliphatic rings. The maximum Gasteiger partial charge on any atom is 0.337 e. The second-order valence-corrected chi connectivity index (χ2v) is 3.98. The molecule has 0 amide bonds. The van der Waals surface area contributed by atoms with Crippen LogP contribution in [0.15, 0.2) is 22.7 Å². The highest BCUT2D eigenvalue weighted by molar-refractivity contribution is 9.10. The number of fused-ring (bicyclic) bond motifs is 1. The number of hydrogen-bond acceptors (Lipinski definition) is 2. The molecule has 0 aliphatic heterocycles. The fraction of sp³-hybridized carbons (Fsp3) is 0.182. The van der Waals surface area contributed by atoms with E-state index in [1.807, 2.05) is 6.07 Å². The Balaban J connectivity index is 2.49. The van der Waals surface area contributed by atoms with Gasteiger partial charge in [0.05, 0.1) is 12.7 Å². The van der Waals surface area contributed by atoms with Crippen LogP contribution in [0.4, 0.5) is 0 Å². The van der Waals surface area contributed by atoms with Crippen LogP contribution in [0.3, 0.4) is 0 Å². The maximum absolute atomic E-state index is 11.3. The maximum atomic E-state index is 11.3. The van der Waals surface area contributed by atoms with Crippen LogP contribution in [0.2, 0.25) is 0 Å². The van der Waals surface area contributed by atoms with Gasteiger partial charge in [-0.1, -0.05) is 28.1 Å². The molecule has 72 valence electrons. The van der Waals surface area contributed by atoms with Gasteiger partial charge in [0.1, 0.15) is 0 Å². The average molecular weight is 253 g/mol. The van der Waals surface area contributed by atoms with E-state index in [2.05, 4.69) is 32.8 Å². The van der Waals surface area contributed by atoms with Gasteiger partial charge in [-0.25, -0.2) is 4.79 Å². The Kier molecular flexibility index (Phi) is 2.42. The van der Waals surface area contributed by atoms with Gasteiger partial charge < -0.3 is 4.74 Å². The first-order chi connectivity index (χ1) is 6.72. The summed E-state index contributed by atoms with van der Waals surface area (Å²) in [5.41, 5.74) is 2.93. The zero-order valence-electron chi connectivity index (χ0n) is 7.71. The Morgan fingerprint density at radius 1 is 1.50 bits per heavy atom. The quantitative estimate of drug-likeness (QED) is 0.719. The number of methoxy groups -OCH3 is 1. The highest BCUT2D eigenvalue weighted by atomic mass is 79.9. The molecule has 1 aromatic carbocycles. The number of allylic oxidation sites excluding steroid dienone is 1. The zero-order valence-corrected chi connectivity index (χ0v) is 9.30. The van der Waals surface area contributed by atoms with Crippen molar-refractivity contribution in [2.45, 2.75) is 6.42 Å². The van der Waals surface area contributed by atoms with Crippen molar-refractivity contribution < 1.29 is 9.53 Å². The van der Waals surface area contributed by atoms with Crippen molar-refractivity contribution >= 4 is 28.0 Å². The molecule has 0 radical (unpaired) electrons. The summed E-state index contributed by atoms with van der Waals surface area (Å²) >= 11 is 3.44. The third-order valence-corrected chi connectivity index (χ3v) is 2.91. The fourth-order valence-corrected chi connectivity index (χ4v) is 2.20. The first kappa shape index (κ1) is 9.46. The van der Waals surface area contributed by atoms with Crippen LogP contribution in [-0.4, -0.2) is 13.1 Å². The van der Waals surface area contributed by atoms with E-state index in [0.29, 0.717) is 5.56 Å². The second kappa shape index (κ2) is 3.58. The minimum absolute atomic E-state index is 0.291. The van der Waals surface area contributed by atoms with Crippen molar-refractivity contribution in [3.63, 3.8) is 0 Å². The molecule has 0 aromatic heterocycles. The van der Waals surface area contributed by atoms with Crippen molar-refractivity contribution in [2.24, 2.45) is 0 Å². The Hall–Kier alpha value is -1.09. The van der Waals surface area contributed by atoms with Crippen molar-refractivity contribution in [2.75, 3.05) is 7.11 Å². The molecule has 1 aromatic rings. The lowest BCUT2D eigenvalue weighted by Gasteiger charge is -2.05. The Morgan fingerprint density at radius 3 is 3.00 bits per heavy atom. The normalized spacial score (nSPS) is 12.7. The zero-order chi connectivity index (χ0) is 10.1. The number of benzene rings is 1. The van der Waals surface area contributed by atoms with Crippen LogP contribution in [0, 0.1) is 0 Å². The largest absolute Gasteiger partial charge is 0.465 e. The van der Waals surface area contributed by atoms with Crippen LogP contribution in [0.1, 0.15) is 21.5 Å². The van der Waals surface area contributed by atoms with Gasteiger partial charge >= 0.3 is 5.97 Å². The van der Waals surface area contributed by atoms with Gasteiger partial charge in [0, 0.05) is 4.47 Å². The van der Waals surface area contributed by atoms with Crippen molar-refractivity contribution in [3.8, 4) is 0 Å². The summed E-state index contributed by atoms with van der Waals surface area (Å²) in [6, 6.07) is 3.67. The Labute approximate surface area is 90.7 Å². The smallest absolute Gasteiger partial charge is 0.337 e. The van der Waals surface area contributed by atoms with Crippen LogP contribution in [0.5, 0.6) is 0 Å². The van der Waals surface area contributed by atoms with Gasteiger partial charge in [0.25, 0.3) is 0 Å². The van der Waals surface area contributed by atoms with Gasteiger partial charge in [-0.2, -0.15) is 0 Å². The van der Waals surface area contributed by atoms with Gasteiger partial charge in [-0.05, 0) is 29.7 Å². The van der Waals surface area contributed by atoms with E-state index < -0.39 is 0 Å². The Morgan fingerprint density at radius 2 is 2.29 bits per heavy atom. The molecule has 0 unspecified atom stereocenters. The first-order valence-electron chi connectivity index (χ1n) is 4.29. The molecule has 0 bridgehead atoms. The topological polar surface area (TPSA) is 26.3 Å². The molecular formula is C11H9BrO2. The predicted octanol–water partition coefficient (Wildman–Crippen LogP) is 2.81. The summed E-state index contributed by atoms with van der Waals surface area (Å²) in [5, 5.41) is 0. The number of hydrogen-bond donors (Lipinski definition) is 0. The molecular weight excluding hydrogens is 244 g/mol. The lowest BCUT2D eigenvalue weighted by Crippen LogP contribution is -2.02. The van der Waals surface area contributed by atoms with Gasteiger partial charge in [0.2, 0.25) is 0 Å². The summed E-state index contributed by atoms with van der Waals surface area (Å²) < 4.78 is 5.62. The SMILES string of the molecule is COC(=O)c1cc(Br)c2c(c1)CC=C2. The molecule has 0 N–H and O–H groups in total. The van der Waals surface area contributed by atoms with E-state index in [1.165, 1.54) is 12.7 Å². The van der Waals surface area contributed by atoms with E-state index in [-0.39, 0.29) is 5.97 Å². The van der Waals surface area contributed by atoms with Crippen molar-refractivity contribution in [3.05, 3.63) is 39.4 Å². The summed E-state index contributed by atoms with van der Waals surface area (Å²) in [6.45, 7) is 0.